The number of pyridine rings is 1. The van der Waals surface area contributed by atoms with E-state index in [2.05, 4.69) is 22.4 Å². The fraction of sp³-hybridized carbons (Fsp3) is 0.312. The third-order valence-corrected chi connectivity index (χ3v) is 2.73. The highest BCUT2D eigenvalue weighted by atomic mass is 16.5. The van der Waals surface area contributed by atoms with E-state index in [9.17, 15) is 0 Å². The molecule has 1 aromatic heterocycles. The number of hydrogen-bond donors (Lipinski definition) is 1. The number of aromatic nitrogens is 1. The molecule has 106 valence electrons. The first kappa shape index (κ1) is 14.3. The molecule has 0 aliphatic heterocycles. The maximum atomic E-state index is 5.50. The number of nitrogens with zero attached hydrogens (tertiary/aromatic N) is 1. The Labute approximate surface area is 119 Å². The molecule has 0 saturated heterocycles. The minimum Gasteiger partial charge on any atom is -0.494 e. The van der Waals surface area contributed by atoms with E-state index in [1.165, 1.54) is 5.56 Å². The lowest BCUT2D eigenvalue weighted by Crippen LogP contribution is -2.20. The topological polar surface area (TPSA) is 43.4 Å². The Bertz CT molecular complexity index is 486. The summed E-state index contributed by atoms with van der Waals surface area (Å²) in [5.74, 6) is 1.57. The molecule has 4 nitrogen and oxygen atoms in total. The van der Waals surface area contributed by atoms with Gasteiger partial charge in [-0.3, -0.25) is 0 Å². The average Bonchev–Trinajstić information content (AvgIpc) is 2.50. The minimum absolute atomic E-state index is 0.605. The Morgan fingerprint density at radius 3 is 2.60 bits per heavy atom. The summed E-state index contributed by atoms with van der Waals surface area (Å²) < 4.78 is 10.9. The van der Waals surface area contributed by atoms with Crippen molar-refractivity contribution in [1.82, 2.24) is 10.3 Å². The third kappa shape index (κ3) is 4.90. The molecule has 1 aromatic carbocycles. The van der Waals surface area contributed by atoms with Crippen molar-refractivity contribution in [3.63, 3.8) is 0 Å². The fourth-order valence-corrected chi connectivity index (χ4v) is 1.76. The molecule has 4 heteroatoms. The van der Waals surface area contributed by atoms with E-state index >= 15 is 0 Å². The lowest BCUT2D eigenvalue weighted by atomic mass is 10.2. The summed E-state index contributed by atoms with van der Waals surface area (Å²) in [5, 5.41) is 3.33. The van der Waals surface area contributed by atoms with Crippen molar-refractivity contribution in [2.75, 3.05) is 19.8 Å². The van der Waals surface area contributed by atoms with Crippen molar-refractivity contribution in [3.8, 4) is 11.6 Å². The van der Waals surface area contributed by atoms with Crippen molar-refractivity contribution in [2.45, 2.75) is 13.5 Å². The third-order valence-electron chi connectivity index (χ3n) is 2.73. The zero-order valence-corrected chi connectivity index (χ0v) is 11.7. The average molecular weight is 272 g/mol. The van der Waals surface area contributed by atoms with Gasteiger partial charge in [0.15, 0.2) is 0 Å². The van der Waals surface area contributed by atoms with Gasteiger partial charge in [-0.05, 0) is 30.7 Å². The number of nitrogens with one attached hydrogen (secondary N) is 1. The Balaban J connectivity index is 1.63. The van der Waals surface area contributed by atoms with Crippen LogP contribution >= 0.6 is 0 Å². The van der Waals surface area contributed by atoms with Crippen LogP contribution in [0.15, 0.2) is 48.7 Å². The highest BCUT2D eigenvalue weighted by Gasteiger charge is 1.96. The van der Waals surface area contributed by atoms with Crippen LogP contribution < -0.4 is 14.8 Å². The molecule has 0 atom stereocenters. The van der Waals surface area contributed by atoms with E-state index in [0.717, 1.165) is 18.8 Å². The van der Waals surface area contributed by atoms with Crippen molar-refractivity contribution >= 4 is 0 Å². The minimum atomic E-state index is 0.605. The molecule has 0 bridgehead atoms. The molecule has 0 aliphatic carbocycles. The normalized spacial score (nSPS) is 10.2. The molecular weight excluding hydrogens is 252 g/mol. The van der Waals surface area contributed by atoms with Gasteiger partial charge in [-0.15, -0.1) is 0 Å². The van der Waals surface area contributed by atoms with Crippen LogP contribution in [0.2, 0.25) is 0 Å². The monoisotopic (exact) mass is 272 g/mol. The second-order valence-corrected chi connectivity index (χ2v) is 4.27. The Kier molecular flexibility index (Phi) is 5.86. The van der Waals surface area contributed by atoms with Crippen LogP contribution in [0.5, 0.6) is 11.6 Å². The van der Waals surface area contributed by atoms with Crippen molar-refractivity contribution in [3.05, 3.63) is 54.2 Å². The summed E-state index contributed by atoms with van der Waals surface area (Å²) in [5.41, 5.74) is 1.23. The zero-order valence-electron chi connectivity index (χ0n) is 11.7. The number of benzene rings is 1. The van der Waals surface area contributed by atoms with Gasteiger partial charge < -0.3 is 14.8 Å². The van der Waals surface area contributed by atoms with Gasteiger partial charge >= 0.3 is 0 Å². The van der Waals surface area contributed by atoms with Crippen molar-refractivity contribution < 1.29 is 9.47 Å². The molecule has 0 amide bonds. The summed E-state index contributed by atoms with van der Waals surface area (Å²) in [6.45, 7) is 4.88. The number of rotatable bonds is 8. The van der Waals surface area contributed by atoms with Gasteiger partial charge in [0.25, 0.3) is 0 Å². The van der Waals surface area contributed by atoms with E-state index in [4.69, 9.17) is 9.47 Å². The van der Waals surface area contributed by atoms with Gasteiger partial charge in [0.05, 0.1) is 6.61 Å². The van der Waals surface area contributed by atoms with E-state index in [-0.39, 0.29) is 0 Å². The molecule has 0 aliphatic rings. The SMILES string of the molecule is CCOc1ccc(CNCCOc2ccccn2)cc1. The van der Waals surface area contributed by atoms with Crippen LogP contribution in [-0.4, -0.2) is 24.7 Å². The van der Waals surface area contributed by atoms with Crippen LogP contribution in [0.3, 0.4) is 0 Å². The molecule has 2 aromatic rings. The quantitative estimate of drug-likeness (QED) is 0.750. The lowest BCUT2D eigenvalue weighted by molar-refractivity contribution is 0.302. The standard InChI is InChI=1S/C16H20N2O2/c1-2-19-15-8-6-14(7-9-15)13-17-11-12-20-16-5-3-4-10-18-16/h3-10,17H,2,11-13H2,1H3. The second kappa shape index (κ2) is 8.17. The van der Waals surface area contributed by atoms with Crippen molar-refractivity contribution in [1.29, 1.82) is 0 Å². The Hall–Kier alpha value is -2.07. The summed E-state index contributed by atoms with van der Waals surface area (Å²) in [6, 6.07) is 13.8. The van der Waals surface area contributed by atoms with Crippen LogP contribution in [0.4, 0.5) is 0 Å². The fourth-order valence-electron chi connectivity index (χ4n) is 1.76. The number of ether oxygens (including phenoxy) is 2. The number of hydrogen-bond acceptors (Lipinski definition) is 4. The van der Waals surface area contributed by atoms with E-state index < -0.39 is 0 Å². The van der Waals surface area contributed by atoms with Gasteiger partial charge in [-0.25, -0.2) is 4.98 Å². The molecular formula is C16H20N2O2. The highest BCUT2D eigenvalue weighted by molar-refractivity contribution is 5.27. The Morgan fingerprint density at radius 2 is 1.90 bits per heavy atom. The second-order valence-electron chi connectivity index (χ2n) is 4.27. The van der Waals surface area contributed by atoms with Gasteiger partial charge in [0.2, 0.25) is 5.88 Å². The van der Waals surface area contributed by atoms with Crippen LogP contribution in [-0.2, 0) is 6.54 Å². The predicted octanol–water partition coefficient (Wildman–Crippen LogP) is 2.65. The molecule has 0 unspecified atom stereocenters. The molecule has 0 fully saturated rings. The largest absolute Gasteiger partial charge is 0.494 e. The van der Waals surface area contributed by atoms with Crippen LogP contribution in [0, 0.1) is 0 Å². The van der Waals surface area contributed by atoms with E-state index in [1.54, 1.807) is 6.20 Å². The van der Waals surface area contributed by atoms with Gasteiger partial charge in [-0.1, -0.05) is 18.2 Å². The van der Waals surface area contributed by atoms with E-state index in [1.807, 2.05) is 37.3 Å². The first-order valence-corrected chi connectivity index (χ1v) is 6.85. The van der Waals surface area contributed by atoms with Crippen LogP contribution in [0.25, 0.3) is 0 Å². The maximum Gasteiger partial charge on any atom is 0.213 e. The molecule has 20 heavy (non-hydrogen) atoms. The summed E-state index contributed by atoms with van der Waals surface area (Å²) >= 11 is 0. The maximum absolute atomic E-state index is 5.50. The molecule has 0 saturated carbocycles. The first-order chi connectivity index (χ1) is 9.88. The molecule has 1 heterocycles. The van der Waals surface area contributed by atoms with Gasteiger partial charge in [0, 0.05) is 25.4 Å². The Morgan fingerprint density at radius 1 is 1.05 bits per heavy atom. The van der Waals surface area contributed by atoms with Crippen molar-refractivity contribution in [2.24, 2.45) is 0 Å². The van der Waals surface area contributed by atoms with Gasteiger partial charge in [0.1, 0.15) is 12.4 Å². The highest BCUT2D eigenvalue weighted by Crippen LogP contribution is 2.11. The van der Waals surface area contributed by atoms with E-state index in [0.29, 0.717) is 19.1 Å². The zero-order chi connectivity index (χ0) is 14.0. The van der Waals surface area contributed by atoms with Gasteiger partial charge in [-0.2, -0.15) is 0 Å². The predicted molar refractivity (Wildman–Crippen MR) is 79.0 cm³/mol. The summed E-state index contributed by atoms with van der Waals surface area (Å²) in [7, 11) is 0. The lowest BCUT2D eigenvalue weighted by Gasteiger charge is -2.08. The molecule has 0 spiro atoms. The van der Waals surface area contributed by atoms with Crippen LogP contribution in [0.1, 0.15) is 12.5 Å². The molecule has 0 radical (unpaired) electrons. The smallest absolute Gasteiger partial charge is 0.213 e. The molecule has 1 N–H and O–H groups in total. The summed E-state index contributed by atoms with van der Waals surface area (Å²) in [4.78, 5) is 4.10. The molecule has 2 rings (SSSR count). The first-order valence-electron chi connectivity index (χ1n) is 6.85. The summed E-state index contributed by atoms with van der Waals surface area (Å²) in [6.07, 6.45) is 1.72.